The lowest BCUT2D eigenvalue weighted by Gasteiger charge is -2.49. The summed E-state index contributed by atoms with van der Waals surface area (Å²) in [6, 6.07) is 15.4. The number of allylic oxidation sites excluding steroid dienone is 4. The van der Waals surface area contributed by atoms with Crippen LogP contribution in [0.1, 0.15) is 70.4 Å². The highest BCUT2D eigenvalue weighted by molar-refractivity contribution is 6.30. The van der Waals surface area contributed by atoms with Crippen LogP contribution in [-0.4, -0.2) is 35.5 Å². The third-order valence-corrected chi connectivity index (χ3v) is 8.38. The van der Waals surface area contributed by atoms with E-state index in [1.54, 1.807) is 18.2 Å². The van der Waals surface area contributed by atoms with E-state index in [0.29, 0.717) is 59.7 Å². The fourth-order valence-electron chi connectivity index (χ4n) is 6.54. The van der Waals surface area contributed by atoms with E-state index in [-0.39, 0.29) is 29.0 Å². The highest BCUT2D eigenvalue weighted by Crippen LogP contribution is 2.55. The van der Waals surface area contributed by atoms with Crippen molar-refractivity contribution in [1.82, 2.24) is 4.90 Å². The molecule has 210 valence electrons. The van der Waals surface area contributed by atoms with E-state index in [9.17, 15) is 14.4 Å². The maximum atomic E-state index is 14.1. The van der Waals surface area contributed by atoms with Crippen LogP contribution in [0.3, 0.4) is 0 Å². The standard InChI is InChI=1S/C33H37ClN2O4/c1-32(2)15-23-30(25(37)17-32)29(22-14-21(34)10-11-27(22)40-19-28(35)39)31-24(16-33(3,4)18-26(31)38)36(23)13-12-20-8-6-5-7-9-20/h5-11,14,29H,12-13,15-19H2,1-4H3,(H2,35,39). The van der Waals surface area contributed by atoms with Gasteiger partial charge in [0.2, 0.25) is 0 Å². The summed E-state index contributed by atoms with van der Waals surface area (Å²) in [5.41, 5.74) is 10.0. The summed E-state index contributed by atoms with van der Waals surface area (Å²) < 4.78 is 5.84. The number of carbonyl (C=O) groups excluding carboxylic acids is 3. The van der Waals surface area contributed by atoms with Gasteiger partial charge >= 0.3 is 0 Å². The number of primary amides is 1. The molecule has 0 fully saturated rings. The molecule has 1 aliphatic heterocycles. The van der Waals surface area contributed by atoms with Crippen LogP contribution in [-0.2, 0) is 20.8 Å². The summed E-state index contributed by atoms with van der Waals surface area (Å²) in [7, 11) is 0. The number of nitrogens with two attached hydrogens (primary N) is 1. The number of halogens is 1. The lowest BCUT2D eigenvalue weighted by molar-refractivity contribution is -0.121. The number of nitrogens with zero attached hydrogens (tertiary/aromatic N) is 1. The predicted molar refractivity (Wildman–Crippen MR) is 156 cm³/mol. The first-order chi connectivity index (χ1) is 18.8. The number of rotatable bonds is 7. The monoisotopic (exact) mass is 560 g/mol. The Morgan fingerprint density at radius 2 is 1.50 bits per heavy atom. The summed E-state index contributed by atoms with van der Waals surface area (Å²) in [4.78, 5) is 42.0. The molecule has 3 aliphatic rings. The number of amides is 1. The second-order valence-corrected chi connectivity index (χ2v) is 13.3. The quantitative estimate of drug-likeness (QED) is 0.440. The molecule has 0 atom stereocenters. The van der Waals surface area contributed by atoms with Gasteiger partial charge in [0.1, 0.15) is 5.75 Å². The Morgan fingerprint density at radius 3 is 2.05 bits per heavy atom. The first-order valence-corrected chi connectivity index (χ1v) is 14.3. The Labute approximate surface area is 241 Å². The molecule has 2 aliphatic carbocycles. The van der Waals surface area contributed by atoms with Gasteiger partial charge in [0.05, 0.1) is 0 Å². The second-order valence-electron chi connectivity index (χ2n) is 12.9. The Morgan fingerprint density at radius 1 is 0.925 bits per heavy atom. The Bertz CT molecular complexity index is 1380. The predicted octanol–water partition coefficient (Wildman–Crippen LogP) is 6.13. The molecule has 2 N–H and O–H groups in total. The van der Waals surface area contributed by atoms with Gasteiger partial charge in [-0.2, -0.15) is 0 Å². The Kier molecular flexibility index (Phi) is 7.43. The van der Waals surface area contributed by atoms with Crippen LogP contribution in [0.5, 0.6) is 5.75 Å². The van der Waals surface area contributed by atoms with E-state index in [1.807, 2.05) is 18.2 Å². The zero-order valence-corrected chi connectivity index (χ0v) is 24.4. The number of ketones is 2. The minimum atomic E-state index is -0.619. The van der Waals surface area contributed by atoms with Crippen LogP contribution >= 0.6 is 11.6 Å². The summed E-state index contributed by atoms with van der Waals surface area (Å²) in [5.74, 6) is -0.758. The minimum Gasteiger partial charge on any atom is -0.483 e. The average Bonchev–Trinajstić information content (AvgIpc) is 2.85. The van der Waals surface area contributed by atoms with Gasteiger partial charge in [-0.1, -0.05) is 69.6 Å². The van der Waals surface area contributed by atoms with Crippen molar-refractivity contribution in [3.8, 4) is 5.75 Å². The highest BCUT2D eigenvalue weighted by Gasteiger charge is 2.49. The maximum absolute atomic E-state index is 14.1. The number of hydrogen-bond donors (Lipinski definition) is 1. The molecular weight excluding hydrogens is 524 g/mol. The van der Waals surface area contributed by atoms with Crippen LogP contribution in [0, 0.1) is 10.8 Å². The molecule has 0 saturated carbocycles. The summed E-state index contributed by atoms with van der Waals surface area (Å²) in [5, 5.41) is 0.462. The SMILES string of the molecule is CC1(C)CC(=O)C2=C(C1)N(CCc1ccccc1)C1=C(C(=O)CC(C)(C)C1)C2c1cc(Cl)ccc1OCC(N)=O. The van der Waals surface area contributed by atoms with Gasteiger partial charge < -0.3 is 15.4 Å². The van der Waals surface area contributed by atoms with E-state index < -0.39 is 11.8 Å². The van der Waals surface area contributed by atoms with Crippen molar-refractivity contribution in [2.45, 2.75) is 65.7 Å². The second kappa shape index (κ2) is 10.5. The zero-order chi connectivity index (χ0) is 28.8. The van der Waals surface area contributed by atoms with E-state index in [1.165, 1.54) is 5.56 Å². The molecular formula is C33H37ClN2O4. The van der Waals surface area contributed by atoms with Crippen molar-refractivity contribution in [1.29, 1.82) is 0 Å². The van der Waals surface area contributed by atoms with E-state index >= 15 is 0 Å². The Hall–Kier alpha value is -3.38. The molecule has 6 nitrogen and oxygen atoms in total. The first kappa shape index (κ1) is 28.2. The van der Waals surface area contributed by atoms with Gasteiger partial charge in [-0.05, 0) is 53.9 Å². The number of ether oxygens (including phenoxy) is 1. The van der Waals surface area contributed by atoms with Crippen LogP contribution in [0.15, 0.2) is 71.1 Å². The van der Waals surface area contributed by atoms with E-state index in [4.69, 9.17) is 22.1 Å². The van der Waals surface area contributed by atoms with Gasteiger partial charge in [0, 0.05) is 58.4 Å². The van der Waals surface area contributed by atoms with Crippen molar-refractivity contribution in [3.05, 3.63) is 87.2 Å². The molecule has 2 aromatic carbocycles. The lowest BCUT2D eigenvalue weighted by atomic mass is 9.63. The van der Waals surface area contributed by atoms with Crippen LogP contribution in [0.2, 0.25) is 5.02 Å². The number of benzene rings is 2. The van der Waals surface area contributed by atoms with Gasteiger partial charge in [0.25, 0.3) is 5.91 Å². The van der Waals surface area contributed by atoms with E-state index in [2.05, 4.69) is 44.7 Å². The molecule has 0 bridgehead atoms. The van der Waals surface area contributed by atoms with Crippen molar-refractivity contribution >= 4 is 29.1 Å². The molecule has 0 radical (unpaired) electrons. The molecule has 5 rings (SSSR count). The number of carbonyl (C=O) groups is 3. The van der Waals surface area contributed by atoms with Crippen molar-refractivity contribution in [2.75, 3.05) is 13.2 Å². The summed E-state index contributed by atoms with van der Waals surface area (Å²) >= 11 is 6.50. The third-order valence-electron chi connectivity index (χ3n) is 8.14. The zero-order valence-electron chi connectivity index (χ0n) is 23.7. The fourth-order valence-corrected chi connectivity index (χ4v) is 6.72. The van der Waals surface area contributed by atoms with Crippen LogP contribution in [0.4, 0.5) is 0 Å². The summed E-state index contributed by atoms with van der Waals surface area (Å²) in [6.45, 7) is 8.85. The molecule has 0 saturated heterocycles. The van der Waals surface area contributed by atoms with Crippen molar-refractivity contribution in [2.24, 2.45) is 16.6 Å². The summed E-state index contributed by atoms with van der Waals surface area (Å²) in [6.07, 6.45) is 2.97. The Balaban J connectivity index is 1.73. The van der Waals surface area contributed by atoms with Gasteiger partial charge in [-0.25, -0.2) is 0 Å². The van der Waals surface area contributed by atoms with E-state index in [0.717, 1.165) is 17.8 Å². The fraction of sp³-hybridized carbons (Fsp3) is 0.424. The van der Waals surface area contributed by atoms with Crippen LogP contribution < -0.4 is 10.5 Å². The molecule has 0 aromatic heterocycles. The third kappa shape index (κ3) is 5.60. The first-order valence-electron chi connectivity index (χ1n) is 13.9. The molecule has 1 amide bonds. The minimum absolute atomic E-state index is 0.0333. The molecule has 2 aromatic rings. The molecule has 40 heavy (non-hydrogen) atoms. The lowest BCUT2D eigenvalue weighted by Crippen LogP contribution is -2.45. The van der Waals surface area contributed by atoms with Crippen molar-refractivity contribution < 1.29 is 19.1 Å². The molecule has 0 spiro atoms. The molecule has 1 heterocycles. The molecule has 0 unspecified atom stereocenters. The van der Waals surface area contributed by atoms with Crippen LogP contribution in [0.25, 0.3) is 0 Å². The normalized spacial score (nSPS) is 20.4. The largest absolute Gasteiger partial charge is 0.483 e. The molecule has 7 heteroatoms. The average molecular weight is 561 g/mol. The number of Topliss-reactive ketones (excluding diaryl/α,β-unsaturated/α-hetero) is 2. The van der Waals surface area contributed by atoms with Crippen molar-refractivity contribution in [3.63, 3.8) is 0 Å². The van der Waals surface area contributed by atoms with Gasteiger partial charge in [0.15, 0.2) is 18.2 Å². The highest BCUT2D eigenvalue weighted by atomic mass is 35.5. The topological polar surface area (TPSA) is 89.7 Å². The maximum Gasteiger partial charge on any atom is 0.255 e. The number of hydrogen-bond acceptors (Lipinski definition) is 5. The van der Waals surface area contributed by atoms with Gasteiger partial charge in [-0.3, -0.25) is 14.4 Å². The smallest absolute Gasteiger partial charge is 0.255 e. The van der Waals surface area contributed by atoms with Gasteiger partial charge in [-0.15, -0.1) is 0 Å².